The molecule has 0 spiro atoms. The first kappa shape index (κ1) is 19.2. The summed E-state index contributed by atoms with van der Waals surface area (Å²) in [5, 5.41) is 5.68. The molecule has 7 heteroatoms. The van der Waals surface area contributed by atoms with Crippen LogP contribution in [0.3, 0.4) is 0 Å². The fourth-order valence-corrected chi connectivity index (χ4v) is 2.45. The Bertz CT molecular complexity index is 932. The lowest BCUT2D eigenvalue weighted by Gasteiger charge is -2.10. The lowest BCUT2D eigenvalue weighted by Crippen LogP contribution is -2.28. The molecule has 0 atom stereocenters. The van der Waals surface area contributed by atoms with Gasteiger partial charge in [0.2, 0.25) is 0 Å². The van der Waals surface area contributed by atoms with Crippen molar-refractivity contribution in [2.24, 2.45) is 0 Å². The first-order valence-electron chi connectivity index (χ1n) is 8.68. The first-order valence-corrected chi connectivity index (χ1v) is 8.68. The Hall–Kier alpha value is -3.61. The van der Waals surface area contributed by atoms with Gasteiger partial charge in [-0.15, -0.1) is 0 Å². The molecule has 1 heterocycles. The Kier molecular flexibility index (Phi) is 6.41. The second kappa shape index (κ2) is 9.36. The summed E-state index contributed by atoms with van der Waals surface area (Å²) in [6, 6.07) is 16.7. The predicted molar refractivity (Wildman–Crippen MR) is 105 cm³/mol. The third-order valence-electron chi connectivity index (χ3n) is 3.86. The summed E-state index contributed by atoms with van der Waals surface area (Å²) in [6.45, 7) is 0.628. The van der Waals surface area contributed by atoms with Crippen molar-refractivity contribution in [1.29, 1.82) is 0 Å². The SMILES string of the molecule is COc1ccc(OCCNC(=O)c2cc(Nc3ccccc3F)ccn2)cc1. The Balaban J connectivity index is 1.50. The van der Waals surface area contributed by atoms with Crippen LogP contribution in [0.2, 0.25) is 0 Å². The molecule has 0 aliphatic carbocycles. The van der Waals surface area contributed by atoms with Gasteiger partial charge in [0.05, 0.1) is 19.3 Å². The number of methoxy groups -OCH3 is 1. The van der Waals surface area contributed by atoms with Crippen LogP contribution in [0.5, 0.6) is 11.5 Å². The molecule has 0 aliphatic heterocycles. The number of hydrogen-bond donors (Lipinski definition) is 2. The average molecular weight is 381 g/mol. The molecule has 0 bridgehead atoms. The summed E-state index contributed by atoms with van der Waals surface area (Å²) in [4.78, 5) is 16.3. The van der Waals surface area contributed by atoms with E-state index in [1.165, 1.54) is 12.3 Å². The molecule has 0 radical (unpaired) electrons. The van der Waals surface area contributed by atoms with Crippen LogP contribution >= 0.6 is 0 Å². The van der Waals surface area contributed by atoms with E-state index in [2.05, 4.69) is 15.6 Å². The van der Waals surface area contributed by atoms with E-state index in [4.69, 9.17) is 9.47 Å². The van der Waals surface area contributed by atoms with Crippen molar-refractivity contribution in [3.8, 4) is 11.5 Å². The van der Waals surface area contributed by atoms with Crippen LogP contribution in [0.15, 0.2) is 66.9 Å². The number of amides is 1. The number of ether oxygens (including phenoxy) is 2. The molecular formula is C21H20FN3O3. The van der Waals surface area contributed by atoms with Gasteiger partial charge in [-0.2, -0.15) is 0 Å². The number of hydrogen-bond acceptors (Lipinski definition) is 5. The first-order chi connectivity index (χ1) is 13.7. The van der Waals surface area contributed by atoms with Crippen LogP contribution in [0.4, 0.5) is 15.8 Å². The average Bonchev–Trinajstić information content (AvgIpc) is 2.73. The Morgan fingerprint density at radius 3 is 2.57 bits per heavy atom. The zero-order valence-corrected chi connectivity index (χ0v) is 15.3. The maximum absolute atomic E-state index is 13.7. The van der Waals surface area contributed by atoms with Gasteiger partial charge in [-0.3, -0.25) is 9.78 Å². The van der Waals surface area contributed by atoms with Crippen LogP contribution in [0, 0.1) is 5.82 Å². The van der Waals surface area contributed by atoms with E-state index >= 15 is 0 Å². The minimum Gasteiger partial charge on any atom is -0.497 e. The van der Waals surface area contributed by atoms with Crippen LogP contribution < -0.4 is 20.1 Å². The molecule has 28 heavy (non-hydrogen) atoms. The fourth-order valence-electron chi connectivity index (χ4n) is 2.45. The van der Waals surface area contributed by atoms with Gasteiger partial charge in [0.25, 0.3) is 5.91 Å². The summed E-state index contributed by atoms with van der Waals surface area (Å²) in [5.74, 6) is 0.719. The predicted octanol–water partition coefficient (Wildman–Crippen LogP) is 3.78. The normalized spacial score (nSPS) is 10.2. The summed E-state index contributed by atoms with van der Waals surface area (Å²) >= 11 is 0. The van der Waals surface area contributed by atoms with E-state index in [0.29, 0.717) is 30.3 Å². The number of nitrogens with one attached hydrogen (secondary N) is 2. The Morgan fingerprint density at radius 2 is 1.82 bits per heavy atom. The minimum atomic E-state index is -0.374. The van der Waals surface area contributed by atoms with Gasteiger partial charge < -0.3 is 20.1 Å². The molecule has 3 rings (SSSR count). The van der Waals surface area contributed by atoms with Crippen molar-refractivity contribution >= 4 is 17.3 Å². The van der Waals surface area contributed by atoms with Crippen molar-refractivity contribution in [2.75, 3.05) is 25.6 Å². The highest BCUT2D eigenvalue weighted by molar-refractivity contribution is 5.93. The van der Waals surface area contributed by atoms with E-state index in [1.807, 2.05) is 0 Å². The van der Waals surface area contributed by atoms with Gasteiger partial charge in [-0.05, 0) is 48.5 Å². The summed E-state index contributed by atoms with van der Waals surface area (Å²) < 4.78 is 24.4. The molecule has 6 nitrogen and oxygen atoms in total. The zero-order chi connectivity index (χ0) is 19.8. The fraction of sp³-hybridized carbons (Fsp3) is 0.143. The standard InChI is InChI=1S/C21H20FN3O3/c1-27-16-6-8-17(9-7-16)28-13-12-24-21(26)20-14-15(10-11-23-20)25-19-5-3-2-4-18(19)22/h2-11,14H,12-13H2,1H3,(H,23,25)(H,24,26). The van der Waals surface area contributed by atoms with Gasteiger partial charge in [-0.25, -0.2) is 4.39 Å². The van der Waals surface area contributed by atoms with Crippen molar-refractivity contribution in [2.45, 2.75) is 0 Å². The number of carbonyl (C=O) groups excluding carboxylic acids is 1. The number of aromatic nitrogens is 1. The number of benzene rings is 2. The lowest BCUT2D eigenvalue weighted by molar-refractivity contribution is 0.0942. The highest BCUT2D eigenvalue weighted by Crippen LogP contribution is 2.19. The monoisotopic (exact) mass is 381 g/mol. The maximum Gasteiger partial charge on any atom is 0.270 e. The van der Waals surface area contributed by atoms with Crippen LogP contribution in [0.1, 0.15) is 10.5 Å². The van der Waals surface area contributed by atoms with Gasteiger partial charge in [-0.1, -0.05) is 12.1 Å². The number of halogens is 1. The molecule has 2 aromatic carbocycles. The smallest absolute Gasteiger partial charge is 0.270 e. The molecule has 0 saturated heterocycles. The molecule has 3 aromatic rings. The van der Waals surface area contributed by atoms with Gasteiger partial charge in [0, 0.05) is 11.9 Å². The zero-order valence-electron chi connectivity index (χ0n) is 15.3. The van der Waals surface area contributed by atoms with Gasteiger partial charge >= 0.3 is 0 Å². The summed E-state index contributed by atoms with van der Waals surface area (Å²) in [5.41, 5.74) is 1.12. The van der Waals surface area contributed by atoms with Crippen molar-refractivity contribution < 1.29 is 18.7 Å². The highest BCUT2D eigenvalue weighted by atomic mass is 19.1. The molecule has 0 aliphatic rings. The summed E-state index contributed by atoms with van der Waals surface area (Å²) in [7, 11) is 1.60. The van der Waals surface area contributed by atoms with Gasteiger partial charge in [0.1, 0.15) is 29.6 Å². The largest absolute Gasteiger partial charge is 0.497 e. The number of para-hydroxylation sites is 1. The van der Waals surface area contributed by atoms with E-state index in [-0.39, 0.29) is 17.4 Å². The molecule has 1 aromatic heterocycles. The van der Waals surface area contributed by atoms with E-state index < -0.39 is 0 Å². The molecule has 1 amide bonds. The number of nitrogens with zero attached hydrogens (tertiary/aromatic N) is 1. The van der Waals surface area contributed by atoms with Crippen molar-refractivity contribution in [1.82, 2.24) is 10.3 Å². The third kappa shape index (κ3) is 5.20. The summed E-state index contributed by atoms with van der Waals surface area (Å²) in [6.07, 6.45) is 1.49. The number of rotatable bonds is 8. The van der Waals surface area contributed by atoms with Crippen LogP contribution in [-0.2, 0) is 0 Å². The topological polar surface area (TPSA) is 72.5 Å². The minimum absolute atomic E-state index is 0.228. The molecule has 2 N–H and O–H groups in total. The molecule has 144 valence electrons. The number of carbonyl (C=O) groups is 1. The van der Waals surface area contributed by atoms with E-state index in [0.717, 1.165) is 5.75 Å². The van der Waals surface area contributed by atoms with Crippen molar-refractivity contribution in [3.63, 3.8) is 0 Å². The van der Waals surface area contributed by atoms with Crippen molar-refractivity contribution in [3.05, 3.63) is 78.4 Å². The van der Waals surface area contributed by atoms with E-state index in [9.17, 15) is 9.18 Å². The third-order valence-corrected chi connectivity index (χ3v) is 3.86. The number of anilines is 2. The van der Waals surface area contributed by atoms with Crippen LogP contribution in [0.25, 0.3) is 0 Å². The van der Waals surface area contributed by atoms with E-state index in [1.54, 1.807) is 61.7 Å². The van der Waals surface area contributed by atoms with Crippen LogP contribution in [-0.4, -0.2) is 31.2 Å². The molecule has 0 unspecified atom stereocenters. The number of pyridine rings is 1. The highest BCUT2D eigenvalue weighted by Gasteiger charge is 2.09. The second-order valence-corrected chi connectivity index (χ2v) is 5.81. The molecular weight excluding hydrogens is 361 g/mol. The molecule has 0 saturated carbocycles. The second-order valence-electron chi connectivity index (χ2n) is 5.81. The Morgan fingerprint density at radius 1 is 1.07 bits per heavy atom. The van der Waals surface area contributed by atoms with Gasteiger partial charge in [0.15, 0.2) is 0 Å². The lowest BCUT2D eigenvalue weighted by atomic mass is 10.2. The maximum atomic E-state index is 13.7. The Labute approximate surface area is 162 Å². The molecule has 0 fully saturated rings. The quantitative estimate of drug-likeness (QED) is 0.581.